The monoisotopic (exact) mass is 313 g/mol. The molecule has 0 aromatic heterocycles. The van der Waals surface area contributed by atoms with Gasteiger partial charge in [0.25, 0.3) is 5.69 Å². The van der Waals surface area contributed by atoms with Crippen molar-refractivity contribution in [3.8, 4) is 0 Å². The Hall–Kier alpha value is -2.00. The van der Waals surface area contributed by atoms with Gasteiger partial charge in [0.1, 0.15) is 0 Å². The van der Waals surface area contributed by atoms with Gasteiger partial charge in [-0.1, -0.05) is 6.07 Å². The lowest BCUT2D eigenvalue weighted by Crippen LogP contribution is -2.53. The molecule has 1 amide bonds. The number of nitro groups is 1. The Morgan fingerprint density at radius 2 is 2.05 bits per heavy atom. The Bertz CT molecular complexity index is 695. The number of nitrogens with zero attached hydrogens (tertiary/aromatic N) is 2. The van der Waals surface area contributed by atoms with Crippen LogP contribution in [0, 0.1) is 23.0 Å². The van der Waals surface area contributed by atoms with Gasteiger partial charge in [0.15, 0.2) is 0 Å². The number of non-ortho nitro benzene ring substituents is 1. The van der Waals surface area contributed by atoms with Crippen LogP contribution >= 0.6 is 0 Å². The van der Waals surface area contributed by atoms with Crippen molar-refractivity contribution >= 4 is 27.3 Å². The second-order valence-electron chi connectivity index (χ2n) is 5.02. The zero-order valence-electron chi connectivity index (χ0n) is 11.6. The van der Waals surface area contributed by atoms with E-state index in [1.165, 1.54) is 16.4 Å². The number of sulfonamides is 1. The molecule has 1 aliphatic heterocycles. The van der Waals surface area contributed by atoms with Crippen LogP contribution in [0.2, 0.25) is 0 Å². The molecule has 1 heterocycles. The summed E-state index contributed by atoms with van der Waals surface area (Å²) in [7, 11) is -3.27. The number of hydrogen-bond donors (Lipinski definition) is 1. The maximum atomic E-state index is 12.0. The smallest absolute Gasteiger partial charge is 0.271 e. The molecule has 114 valence electrons. The summed E-state index contributed by atoms with van der Waals surface area (Å²) >= 11 is 0. The van der Waals surface area contributed by atoms with E-state index in [1.54, 1.807) is 13.0 Å². The van der Waals surface area contributed by atoms with Gasteiger partial charge in [0.2, 0.25) is 15.9 Å². The molecule has 0 spiro atoms. The molecule has 21 heavy (non-hydrogen) atoms. The summed E-state index contributed by atoms with van der Waals surface area (Å²) < 4.78 is 23.7. The normalized spacial score (nSPS) is 16.3. The number of hydrogen-bond acceptors (Lipinski definition) is 5. The second kappa shape index (κ2) is 5.41. The molecular formula is C12H15N3O5S. The van der Waals surface area contributed by atoms with Crippen LogP contribution in [0.3, 0.4) is 0 Å². The molecule has 0 bridgehead atoms. The van der Waals surface area contributed by atoms with E-state index in [2.05, 4.69) is 5.32 Å². The lowest BCUT2D eigenvalue weighted by atomic mass is 10.0. The van der Waals surface area contributed by atoms with Crippen LogP contribution in [0.5, 0.6) is 0 Å². The summed E-state index contributed by atoms with van der Waals surface area (Å²) in [6.07, 6.45) is 1.09. The Morgan fingerprint density at radius 1 is 1.43 bits per heavy atom. The second-order valence-corrected chi connectivity index (χ2v) is 7.00. The Morgan fingerprint density at radius 3 is 2.57 bits per heavy atom. The van der Waals surface area contributed by atoms with Gasteiger partial charge >= 0.3 is 0 Å². The van der Waals surface area contributed by atoms with Crippen molar-refractivity contribution in [3.05, 3.63) is 33.9 Å². The van der Waals surface area contributed by atoms with Gasteiger partial charge in [-0.25, -0.2) is 12.7 Å². The number of benzene rings is 1. The zero-order chi connectivity index (χ0) is 15.8. The Labute approximate surface area is 122 Å². The molecule has 2 rings (SSSR count). The van der Waals surface area contributed by atoms with Gasteiger partial charge in [-0.05, 0) is 12.5 Å². The number of anilines is 1. The molecule has 0 unspecified atom stereocenters. The van der Waals surface area contributed by atoms with Gasteiger partial charge in [-0.3, -0.25) is 14.9 Å². The number of carbonyl (C=O) groups excluding carboxylic acids is 1. The van der Waals surface area contributed by atoms with Crippen molar-refractivity contribution in [3.63, 3.8) is 0 Å². The number of amides is 1. The minimum atomic E-state index is -3.27. The first-order valence-corrected chi connectivity index (χ1v) is 8.04. The predicted molar refractivity (Wildman–Crippen MR) is 76.4 cm³/mol. The van der Waals surface area contributed by atoms with Crippen molar-refractivity contribution in [2.24, 2.45) is 5.92 Å². The Balaban J connectivity index is 2.04. The average Bonchev–Trinajstić information content (AvgIpc) is 2.27. The van der Waals surface area contributed by atoms with Crippen molar-refractivity contribution in [1.29, 1.82) is 0 Å². The first-order chi connectivity index (χ1) is 9.68. The van der Waals surface area contributed by atoms with Crippen molar-refractivity contribution in [1.82, 2.24) is 4.31 Å². The highest BCUT2D eigenvalue weighted by Gasteiger charge is 2.37. The quantitative estimate of drug-likeness (QED) is 0.651. The maximum absolute atomic E-state index is 12.0. The van der Waals surface area contributed by atoms with Crippen molar-refractivity contribution in [2.75, 3.05) is 24.7 Å². The molecule has 1 aromatic rings. The van der Waals surface area contributed by atoms with E-state index in [4.69, 9.17) is 0 Å². The van der Waals surface area contributed by atoms with E-state index in [-0.39, 0.29) is 24.7 Å². The topological polar surface area (TPSA) is 110 Å². The summed E-state index contributed by atoms with van der Waals surface area (Å²) in [4.78, 5) is 22.2. The average molecular weight is 313 g/mol. The summed E-state index contributed by atoms with van der Waals surface area (Å²) in [6, 6.07) is 4.21. The summed E-state index contributed by atoms with van der Waals surface area (Å²) in [5.41, 5.74) is 0.961. The van der Waals surface area contributed by atoms with Crippen molar-refractivity contribution in [2.45, 2.75) is 6.92 Å². The molecule has 1 aromatic carbocycles. The molecule has 0 atom stereocenters. The lowest BCUT2D eigenvalue weighted by Gasteiger charge is -2.36. The number of nitro benzene ring substituents is 1. The highest BCUT2D eigenvalue weighted by atomic mass is 32.2. The van der Waals surface area contributed by atoms with Crippen LogP contribution in [-0.4, -0.2) is 42.9 Å². The molecule has 1 saturated heterocycles. The molecule has 0 saturated carbocycles. The third-order valence-corrected chi connectivity index (χ3v) is 4.61. The number of nitrogens with one attached hydrogen (secondary N) is 1. The van der Waals surface area contributed by atoms with Crippen LogP contribution in [0.4, 0.5) is 11.4 Å². The highest BCUT2D eigenvalue weighted by molar-refractivity contribution is 7.88. The fourth-order valence-electron chi connectivity index (χ4n) is 1.97. The predicted octanol–water partition coefficient (Wildman–Crippen LogP) is 0.733. The molecule has 1 N–H and O–H groups in total. The van der Waals surface area contributed by atoms with E-state index in [0.29, 0.717) is 11.3 Å². The summed E-state index contributed by atoms with van der Waals surface area (Å²) in [5.74, 6) is -0.767. The molecule has 1 aliphatic rings. The number of rotatable bonds is 4. The number of aryl methyl sites for hydroxylation is 1. The van der Waals surface area contributed by atoms with Gasteiger partial charge in [0.05, 0.1) is 22.8 Å². The van der Waals surface area contributed by atoms with Gasteiger partial charge in [-0.15, -0.1) is 0 Å². The van der Waals surface area contributed by atoms with Crippen LogP contribution in [0.25, 0.3) is 0 Å². The van der Waals surface area contributed by atoms with Gasteiger partial charge in [-0.2, -0.15) is 0 Å². The summed E-state index contributed by atoms with van der Waals surface area (Å²) in [6.45, 7) is 2.00. The standard InChI is InChI=1S/C12H15N3O5S/c1-8-3-4-10(15(17)18)5-11(8)13-12(16)9-6-14(7-9)21(2,19)20/h3-5,9H,6-7H2,1-2H3,(H,13,16). The van der Waals surface area contributed by atoms with Crippen LogP contribution in [0.1, 0.15) is 5.56 Å². The summed E-state index contributed by atoms with van der Waals surface area (Å²) in [5, 5.41) is 13.3. The fourth-order valence-corrected chi connectivity index (χ4v) is 2.87. The first-order valence-electron chi connectivity index (χ1n) is 6.19. The van der Waals surface area contributed by atoms with Crippen LogP contribution < -0.4 is 5.32 Å². The maximum Gasteiger partial charge on any atom is 0.271 e. The van der Waals surface area contributed by atoms with E-state index in [1.807, 2.05) is 0 Å². The minimum absolute atomic E-state index is 0.109. The lowest BCUT2D eigenvalue weighted by molar-refractivity contribution is -0.384. The largest absolute Gasteiger partial charge is 0.325 e. The fraction of sp³-hybridized carbons (Fsp3) is 0.417. The van der Waals surface area contributed by atoms with E-state index in [0.717, 1.165) is 6.26 Å². The molecule has 8 nitrogen and oxygen atoms in total. The van der Waals surface area contributed by atoms with Crippen LogP contribution in [0.15, 0.2) is 18.2 Å². The van der Waals surface area contributed by atoms with E-state index < -0.39 is 20.9 Å². The molecule has 1 fully saturated rings. The van der Waals surface area contributed by atoms with Crippen LogP contribution in [-0.2, 0) is 14.8 Å². The van der Waals surface area contributed by atoms with E-state index in [9.17, 15) is 23.3 Å². The van der Waals surface area contributed by atoms with Gasteiger partial charge in [0, 0.05) is 25.2 Å². The molecule has 9 heteroatoms. The minimum Gasteiger partial charge on any atom is -0.325 e. The molecular weight excluding hydrogens is 298 g/mol. The zero-order valence-corrected chi connectivity index (χ0v) is 12.4. The molecule has 0 aliphatic carbocycles. The SMILES string of the molecule is Cc1ccc([N+](=O)[O-])cc1NC(=O)C1CN(S(C)(=O)=O)C1. The van der Waals surface area contributed by atoms with Gasteiger partial charge < -0.3 is 5.32 Å². The third kappa shape index (κ3) is 3.37. The first kappa shape index (κ1) is 15.4. The Kier molecular flexibility index (Phi) is 3.97. The number of carbonyl (C=O) groups is 1. The van der Waals surface area contributed by atoms with Crippen molar-refractivity contribution < 1.29 is 18.1 Å². The molecule has 0 radical (unpaired) electrons. The van der Waals surface area contributed by atoms with E-state index >= 15 is 0 Å². The highest BCUT2D eigenvalue weighted by Crippen LogP contribution is 2.25. The third-order valence-electron chi connectivity index (χ3n) is 3.38.